The van der Waals surface area contributed by atoms with Crippen LogP contribution >= 0.6 is 15.9 Å². The molecule has 1 aliphatic carbocycles. The Labute approximate surface area is 220 Å². The molecule has 1 aromatic heterocycles. The van der Waals surface area contributed by atoms with E-state index >= 15 is 0 Å². The number of nitrogens with one attached hydrogen (secondary N) is 4. The number of para-hydroxylation sites is 1. The Hall–Kier alpha value is -3.93. The molecule has 0 bridgehead atoms. The van der Waals surface area contributed by atoms with Gasteiger partial charge in [-0.1, -0.05) is 40.9 Å². The van der Waals surface area contributed by atoms with Crippen molar-refractivity contribution < 1.29 is 19.2 Å². The summed E-state index contributed by atoms with van der Waals surface area (Å²) in [5.74, 6) is -0.488. The van der Waals surface area contributed by atoms with Crippen molar-refractivity contribution >= 4 is 50.0 Å². The van der Waals surface area contributed by atoms with Crippen molar-refractivity contribution in [3.05, 3.63) is 72.5 Å². The van der Waals surface area contributed by atoms with Gasteiger partial charge in [-0.05, 0) is 25.0 Å². The number of aromatic amines is 1. The zero-order valence-corrected chi connectivity index (χ0v) is 21.8. The smallest absolute Gasteiger partial charge is 0.294 e. The maximum absolute atomic E-state index is 13.4. The van der Waals surface area contributed by atoms with E-state index in [0.717, 1.165) is 12.8 Å². The Morgan fingerprint density at radius 3 is 2.51 bits per heavy atom. The number of hydrogen-bond acceptors (Lipinski definition) is 7. The van der Waals surface area contributed by atoms with Gasteiger partial charge in [-0.15, -0.1) is 0 Å². The first kappa shape index (κ1) is 26.1. The first-order valence-electron chi connectivity index (χ1n) is 11.7. The number of hydrogen-bond donors (Lipinski definition) is 4. The highest BCUT2D eigenvalue weighted by Gasteiger charge is 2.31. The molecule has 2 aromatic carbocycles. The average molecular weight is 572 g/mol. The van der Waals surface area contributed by atoms with E-state index in [4.69, 9.17) is 4.74 Å². The molecule has 1 saturated carbocycles. The Morgan fingerprint density at radius 2 is 1.84 bits per heavy atom. The first-order chi connectivity index (χ1) is 17.7. The highest BCUT2D eigenvalue weighted by atomic mass is 79.9. The lowest BCUT2D eigenvalue weighted by Gasteiger charge is -2.34. The van der Waals surface area contributed by atoms with Gasteiger partial charge in [0.05, 0.1) is 28.7 Å². The second-order valence-corrected chi connectivity index (χ2v) is 9.64. The van der Waals surface area contributed by atoms with Crippen molar-refractivity contribution in [2.45, 2.75) is 37.8 Å². The standard InChI is InChI=1S/C25H26BrN5O6/c1-27-24(33)16-10-13(26)11-19(31(35)36)22(16)28-17-7-3-4-8-18(17)29-25(34)15-12-21(32)30-23-14(15)6-5-9-20(23)37-2/h5-6,9-12,17-18,28H,3-4,7-8H2,1-2H3,(H,27,33)(H,29,34)(H,30,32)/t17-,18+/m1/s1. The first-order valence-corrected chi connectivity index (χ1v) is 12.5. The van der Waals surface area contributed by atoms with Gasteiger partial charge >= 0.3 is 0 Å². The number of pyridine rings is 1. The minimum atomic E-state index is -0.550. The van der Waals surface area contributed by atoms with Gasteiger partial charge in [-0.25, -0.2) is 0 Å². The third-order valence-electron chi connectivity index (χ3n) is 6.47. The average Bonchev–Trinajstić information content (AvgIpc) is 2.88. The summed E-state index contributed by atoms with van der Waals surface area (Å²) < 4.78 is 5.72. The van der Waals surface area contributed by atoms with Crippen LogP contribution in [-0.2, 0) is 0 Å². The Morgan fingerprint density at radius 1 is 1.11 bits per heavy atom. The summed E-state index contributed by atoms with van der Waals surface area (Å²) in [7, 11) is 2.93. The van der Waals surface area contributed by atoms with Crippen LogP contribution in [0.4, 0.5) is 11.4 Å². The van der Waals surface area contributed by atoms with Crippen molar-refractivity contribution in [2.24, 2.45) is 0 Å². The minimum absolute atomic E-state index is 0.0880. The van der Waals surface area contributed by atoms with E-state index in [-0.39, 0.29) is 28.5 Å². The summed E-state index contributed by atoms with van der Waals surface area (Å²) in [5, 5.41) is 21.1. The third kappa shape index (κ3) is 5.43. The summed E-state index contributed by atoms with van der Waals surface area (Å²) in [5.41, 5.74) is 0.124. The molecule has 1 fully saturated rings. The molecule has 0 saturated heterocycles. The van der Waals surface area contributed by atoms with Crippen LogP contribution in [0.3, 0.4) is 0 Å². The Kier molecular flexibility index (Phi) is 7.77. The zero-order chi connectivity index (χ0) is 26.7. The molecular formula is C25H26BrN5O6. The third-order valence-corrected chi connectivity index (χ3v) is 6.93. The number of rotatable bonds is 7. The molecule has 11 nitrogen and oxygen atoms in total. The molecule has 0 radical (unpaired) electrons. The van der Waals surface area contributed by atoms with Crippen LogP contribution < -0.4 is 26.2 Å². The van der Waals surface area contributed by atoms with Crippen LogP contribution in [0, 0.1) is 10.1 Å². The lowest BCUT2D eigenvalue weighted by atomic mass is 9.89. The summed E-state index contributed by atoms with van der Waals surface area (Å²) >= 11 is 3.24. The van der Waals surface area contributed by atoms with Gasteiger partial charge < -0.3 is 25.7 Å². The maximum atomic E-state index is 13.4. The number of halogens is 1. The number of fused-ring (bicyclic) bond motifs is 1. The number of carbonyl (C=O) groups is 2. The quantitative estimate of drug-likeness (QED) is 0.248. The summed E-state index contributed by atoms with van der Waals surface area (Å²) in [6.45, 7) is 0. The number of methoxy groups -OCH3 is 1. The highest BCUT2D eigenvalue weighted by Crippen LogP contribution is 2.35. The normalized spacial score (nSPS) is 17.2. The molecule has 3 aromatic rings. The molecule has 37 heavy (non-hydrogen) atoms. The largest absolute Gasteiger partial charge is 0.495 e. The Bertz CT molecular complexity index is 1440. The number of benzene rings is 2. The van der Waals surface area contributed by atoms with Crippen LogP contribution in [0.1, 0.15) is 46.4 Å². The molecule has 2 atom stereocenters. The van der Waals surface area contributed by atoms with Crippen molar-refractivity contribution in [1.29, 1.82) is 0 Å². The monoisotopic (exact) mass is 571 g/mol. The van der Waals surface area contributed by atoms with Gasteiger partial charge in [0.1, 0.15) is 11.4 Å². The number of carbonyl (C=O) groups excluding carboxylic acids is 2. The summed E-state index contributed by atoms with van der Waals surface area (Å²) in [6.07, 6.45) is 2.93. The number of amides is 2. The molecule has 0 spiro atoms. The molecule has 194 valence electrons. The highest BCUT2D eigenvalue weighted by molar-refractivity contribution is 9.10. The minimum Gasteiger partial charge on any atom is -0.495 e. The number of ether oxygens (including phenoxy) is 1. The van der Waals surface area contributed by atoms with E-state index in [9.17, 15) is 24.5 Å². The fourth-order valence-corrected chi connectivity index (χ4v) is 5.17. The van der Waals surface area contributed by atoms with Crippen LogP contribution in [0.2, 0.25) is 0 Å². The van der Waals surface area contributed by atoms with Gasteiger partial charge in [0.15, 0.2) is 0 Å². The summed E-state index contributed by atoms with van der Waals surface area (Å²) in [4.78, 5) is 52.3. The van der Waals surface area contributed by atoms with E-state index in [0.29, 0.717) is 34.0 Å². The van der Waals surface area contributed by atoms with Crippen LogP contribution in [0.15, 0.2) is 45.7 Å². The van der Waals surface area contributed by atoms with Gasteiger partial charge in [0, 0.05) is 41.1 Å². The van der Waals surface area contributed by atoms with Gasteiger partial charge in [0.25, 0.3) is 17.5 Å². The van der Waals surface area contributed by atoms with Gasteiger partial charge in [-0.2, -0.15) is 0 Å². The molecule has 0 aliphatic heterocycles. The van der Waals surface area contributed by atoms with Crippen LogP contribution in [0.5, 0.6) is 5.75 Å². The molecule has 12 heteroatoms. The number of aromatic nitrogens is 1. The molecule has 1 heterocycles. The van der Waals surface area contributed by atoms with Crippen LogP contribution in [-0.4, -0.2) is 48.0 Å². The predicted octanol–water partition coefficient (Wildman–Crippen LogP) is 3.72. The number of nitro groups is 1. The second-order valence-electron chi connectivity index (χ2n) is 8.73. The topological polar surface area (TPSA) is 155 Å². The number of H-pyrrole nitrogens is 1. The molecule has 4 N–H and O–H groups in total. The molecule has 4 rings (SSSR count). The molecular weight excluding hydrogens is 546 g/mol. The molecule has 0 unspecified atom stereocenters. The fourth-order valence-electron chi connectivity index (χ4n) is 4.72. The van der Waals surface area contributed by atoms with E-state index in [1.54, 1.807) is 18.2 Å². The number of anilines is 1. The predicted molar refractivity (Wildman–Crippen MR) is 142 cm³/mol. The van der Waals surface area contributed by atoms with E-state index in [1.807, 2.05) is 0 Å². The summed E-state index contributed by atoms with van der Waals surface area (Å²) in [6, 6.07) is 8.45. The SMILES string of the molecule is CNC(=O)c1cc(Br)cc([N+](=O)[O-])c1N[C@@H]1CCCC[C@@H]1NC(=O)c1cc(=O)[nH]c2c(OC)cccc12. The zero-order valence-electron chi connectivity index (χ0n) is 20.2. The number of nitrogens with zero attached hydrogens (tertiary/aromatic N) is 1. The van der Waals surface area contributed by atoms with E-state index < -0.39 is 28.3 Å². The van der Waals surface area contributed by atoms with Crippen molar-refractivity contribution in [1.82, 2.24) is 15.6 Å². The Balaban J connectivity index is 1.68. The molecule has 1 aliphatic rings. The number of nitro benzene ring substituents is 1. The van der Waals surface area contributed by atoms with Gasteiger partial charge in [0.2, 0.25) is 5.56 Å². The van der Waals surface area contributed by atoms with Crippen molar-refractivity contribution in [3.63, 3.8) is 0 Å². The fraction of sp³-hybridized carbons (Fsp3) is 0.320. The van der Waals surface area contributed by atoms with Crippen molar-refractivity contribution in [2.75, 3.05) is 19.5 Å². The lowest BCUT2D eigenvalue weighted by Crippen LogP contribution is -2.49. The van der Waals surface area contributed by atoms with E-state index in [1.165, 1.54) is 32.4 Å². The maximum Gasteiger partial charge on any atom is 0.294 e. The van der Waals surface area contributed by atoms with Gasteiger partial charge in [-0.3, -0.25) is 24.5 Å². The van der Waals surface area contributed by atoms with E-state index in [2.05, 4.69) is 36.9 Å². The molecule has 2 amide bonds. The van der Waals surface area contributed by atoms with Crippen molar-refractivity contribution in [3.8, 4) is 5.75 Å². The lowest BCUT2D eigenvalue weighted by molar-refractivity contribution is -0.384. The van der Waals surface area contributed by atoms with Crippen LogP contribution in [0.25, 0.3) is 10.9 Å². The second kappa shape index (κ2) is 11.0.